The Bertz CT molecular complexity index is 812. The first kappa shape index (κ1) is 20.3. The number of hydrogen-bond donors (Lipinski definition) is 0. The van der Waals surface area contributed by atoms with Crippen molar-refractivity contribution in [3.05, 3.63) is 52.7 Å². The van der Waals surface area contributed by atoms with Gasteiger partial charge < -0.3 is 14.5 Å². The van der Waals surface area contributed by atoms with Crippen LogP contribution in [-0.2, 0) is 6.54 Å². The molecule has 150 valence electrons. The maximum atomic E-state index is 12.6. The summed E-state index contributed by atoms with van der Waals surface area (Å²) in [5, 5.41) is 0.392. The lowest BCUT2D eigenvalue weighted by molar-refractivity contribution is -0.0498. The SMILES string of the molecule is CN(Cc1ccc(OC(F)F)cc1)c1ncc(C(=O)N2CCCCC2)cc1Cl. The Hall–Kier alpha value is -2.41. The summed E-state index contributed by atoms with van der Waals surface area (Å²) in [6, 6.07) is 8.04. The Kier molecular flexibility index (Phi) is 6.67. The van der Waals surface area contributed by atoms with Gasteiger partial charge in [-0.25, -0.2) is 4.98 Å². The third kappa shape index (κ3) is 5.10. The predicted molar refractivity (Wildman–Crippen MR) is 104 cm³/mol. The Morgan fingerprint density at radius 3 is 2.54 bits per heavy atom. The molecule has 1 aromatic carbocycles. The van der Waals surface area contributed by atoms with Gasteiger partial charge >= 0.3 is 6.61 Å². The summed E-state index contributed by atoms with van der Waals surface area (Å²) >= 11 is 6.38. The van der Waals surface area contributed by atoms with Crippen LogP contribution >= 0.6 is 11.6 Å². The lowest BCUT2D eigenvalue weighted by Crippen LogP contribution is -2.35. The zero-order chi connectivity index (χ0) is 20.1. The lowest BCUT2D eigenvalue weighted by Gasteiger charge is -2.27. The summed E-state index contributed by atoms with van der Waals surface area (Å²) in [7, 11) is 1.82. The number of halogens is 3. The number of carbonyl (C=O) groups is 1. The second-order valence-electron chi connectivity index (χ2n) is 6.76. The fourth-order valence-corrected chi connectivity index (χ4v) is 3.54. The van der Waals surface area contributed by atoms with Crippen LogP contribution in [0.1, 0.15) is 35.2 Å². The molecule has 1 aliphatic rings. The van der Waals surface area contributed by atoms with Gasteiger partial charge in [0.15, 0.2) is 0 Å². The lowest BCUT2D eigenvalue weighted by atomic mass is 10.1. The van der Waals surface area contributed by atoms with Gasteiger partial charge in [-0.05, 0) is 43.0 Å². The third-order valence-corrected chi connectivity index (χ3v) is 4.92. The average Bonchev–Trinajstić information content (AvgIpc) is 2.69. The summed E-state index contributed by atoms with van der Waals surface area (Å²) < 4.78 is 28.8. The van der Waals surface area contributed by atoms with E-state index >= 15 is 0 Å². The number of amides is 1. The van der Waals surface area contributed by atoms with E-state index in [1.807, 2.05) is 16.8 Å². The third-order valence-electron chi connectivity index (χ3n) is 4.64. The van der Waals surface area contributed by atoms with Crippen molar-refractivity contribution >= 4 is 23.3 Å². The van der Waals surface area contributed by atoms with Crippen LogP contribution in [0.25, 0.3) is 0 Å². The molecule has 3 rings (SSSR count). The minimum atomic E-state index is -2.84. The summed E-state index contributed by atoms with van der Waals surface area (Å²) in [6.45, 7) is -0.837. The fraction of sp³-hybridized carbons (Fsp3) is 0.400. The zero-order valence-corrected chi connectivity index (χ0v) is 16.3. The number of piperidine rings is 1. The molecule has 1 fully saturated rings. The molecule has 1 amide bonds. The minimum Gasteiger partial charge on any atom is -0.435 e. The van der Waals surface area contributed by atoms with E-state index in [9.17, 15) is 13.6 Å². The van der Waals surface area contributed by atoms with E-state index in [0.29, 0.717) is 22.9 Å². The van der Waals surface area contributed by atoms with Crippen molar-refractivity contribution in [3.8, 4) is 5.75 Å². The first-order valence-electron chi connectivity index (χ1n) is 9.14. The predicted octanol–water partition coefficient (Wildman–Crippen LogP) is 4.60. The number of pyridine rings is 1. The number of alkyl halides is 2. The van der Waals surface area contributed by atoms with Crippen LogP contribution in [0.4, 0.5) is 14.6 Å². The first-order chi connectivity index (χ1) is 13.4. The number of ether oxygens (including phenoxy) is 1. The largest absolute Gasteiger partial charge is 0.435 e. The zero-order valence-electron chi connectivity index (χ0n) is 15.6. The van der Waals surface area contributed by atoms with E-state index in [4.69, 9.17) is 11.6 Å². The van der Waals surface area contributed by atoms with Crippen molar-refractivity contribution < 1.29 is 18.3 Å². The highest BCUT2D eigenvalue weighted by molar-refractivity contribution is 6.33. The van der Waals surface area contributed by atoms with Crippen molar-refractivity contribution in [1.29, 1.82) is 0 Å². The molecule has 1 aliphatic heterocycles. The maximum absolute atomic E-state index is 12.6. The Morgan fingerprint density at radius 2 is 1.93 bits per heavy atom. The van der Waals surface area contributed by atoms with Crippen LogP contribution in [0.15, 0.2) is 36.5 Å². The molecule has 2 aromatic rings. The molecule has 0 N–H and O–H groups in total. The van der Waals surface area contributed by atoms with Crippen molar-refractivity contribution in [2.24, 2.45) is 0 Å². The molecule has 28 heavy (non-hydrogen) atoms. The normalized spacial score (nSPS) is 14.2. The molecule has 1 saturated heterocycles. The van der Waals surface area contributed by atoms with Gasteiger partial charge in [0.05, 0.1) is 10.6 Å². The van der Waals surface area contributed by atoms with E-state index in [1.54, 1.807) is 24.4 Å². The molecule has 0 aliphatic carbocycles. The summed E-state index contributed by atoms with van der Waals surface area (Å²) in [6.07, 6.45) is 4.75. The van der Waals surface area contributed by atoms with Gasteiger partial charge in [0.1, 0.15) is 11.6 Å². The molecular weight excluding hydrogens is 388 g/mol. The Balaban J connectivity index is 1.66. The standard InChI is InChI=1S/C20H22ClF2N3O2/c1-25(13-14-5-7-16(8-6-14)28-20(22)23)18-17(21)11-15(12-24-18)19(27)26-9-3-2-4-10-26/h5-8,11-12,20H,2-4,9-10,13H2,1H3. The van der Waals surface area contributed by atoms with Crippen LogP contribution in [0, 0.1) is 0 Å². The van der Waals surface area contributed by atoms with Gasteiger partial charge in [-0.1, -0.05) is 23.7 Å². The topological polar surface area (TPSA) is 45.7 Å². The minimum absolute atomic E-state index is 0.0436. The highest BCUT2D eigenvalue weighted by Gasteiger charge is 2.20. The number of benzene rings is 1. The van der Waals surface area contributed by atoms with Gasteiger partial charge in [0.25, 0.3) is 5.91 Å². The van der Waals surface area contributed by atoms with E-state index in [1.165, 1.54) is 12.1 Å². The van der Waals surface area contributed by atoms with Gasteiger partial charge in [0.2, 0.25) is 0 Å². The monoisotopic (exact) mass is 409 g/mol. The van der Waals surface area contributed by atoms with Gasteiger partial charge in [0, 0.05) is 32.9 Å². The fourth-order valence-electron chi connectivity index (χ4n) is 3.23. The number of carbonyl (C=O) groups excluding carboxylic acids is 1. The first-order valence-corrected chi connectivity index (χ1v) is 9.51. The molecular formula is C20H22ClF2N3O2. The molecule has 0 radical (unpaired) electrons. The van der Waals surface area contributed by atoms with Crippen molar-refractivity contribution in [3.63, 3.8) is 0 Å². The summed E-state index contributed by atoms with van der Waals surface area (Å²) in [4.78, 5) is 20.6. The number of likely N-dealkylation sites (tertiary alicyclic amines) is 1. The molecule has 8 heteroatoms. The Morgan fingerprint density at radius 1 is 1.25 bits per heavy atom. The maximum Gasteiger partial charge on any atom is 0.387 e. The van der Waals surface area contributed by atoms with Crippen molar-refractivity contribution in [2.75, 3.05) is 25.0 Å². The number of aromatic nitrogens is 1. The molecule has 1 aromatic heterocycles. The van der Waals surface area contributed by atoms with E-state index in [-0.39, 0.29) is 11.7 Å². The molecule has 0 spiro atoms. The Labute approximate surface area is 167 Å². The van der Waals surface area contributed by atoms with Gasteiger partial charge in [-0.15, -0.1) is 0 Å². The highest BCUT2D eigenvalue weighted by atomic mass is 35.5. The number of anilines is 1. The molecule has 0 bridgehead atoms. The van der Waals surface area contributed by atoms with Crippen LogP contribution < -0.4 is 9.64 Å². The number of rotatable bonds is 6. The van der Waals surface area contributed by atoms with Crippen LogP contribution in [0.5, 0.6) is 5.75 Å². The highest BCUT2D eigenvalue weighted by Crippen LogP contribution is 2.26. The molecule has 0 unspecified atom stereocenters. The smallest absolute Gasteiger partial charge is 0.387 e. The van der Waals surface area contributed by atoms with Crippen molar-refractivity contribution in [2.45, 2.75) is 32.4 Å². The quantitative estimate of drug-likeness (QED) is 0.699. The second kappa shape index (κ2) is 9.19. The molecule has 0 atom stereocenters. The molecule has 0 saturated carbocycles. The summed E-state index contributed by atoms with van der Waals surface area (Å²) in [5.41, 5.74) is 1.37. The van der Waals surface area contributed by atoms with Gasteiger partial charge in [-0.3, -0.25) is 4.79 Å². The van der Waals surface area contributed by atoms with Crippen LogP contribution in [-0.4, -0.2) is 42.5 Å². The average molecular weight is 410 g/mol. The molecule has 5 nitrogen and oxygen atoms in total. The van der Waals surface area contributed by atoms with Crippen LogP contribution in [0.3, 0.4) is 0 Å². The van der Waals surface area contributed by atoms with E-state index < -0.39 is 6.61 Å². The van der Waals surface area contributed by atoms with E-state index in [0.717, 1.165) is 37.9 Å². The summed E-state index contributed by atoms with van der Waals surface area (Å²) in [5.74, 6) is 0.612. The second-order valence-corrected chi connectivity index (χ2v) is 7.17. The number of hydrogen-bond acceptors (Lipinski definition) is 4. The van der Waals surface area contributed by atoms with E-state index in [2.05, 4.69) is 9.72 Å². The number of nitrogens with zero attached hydrogens (tertiary/aromatic N) is 3. The molecule has 2 heterocycles. The van der Waals surface area contributed by atoms with Crippen LogP contribution in [0.2, 0.25) is 5.02 Å². The van der Waals surface area contributed by atoms with Crippen molar-refractivity contribution in [1.82, 2.24) is 9.88 Å². The van der Waals surface area contributed by atoms with Gasteiger partial charge in [-0.2, -0.15) is 8.78 Å².